The molecule has 0 aliphatic carbocycles. The third kappa shape index (κ3) is 2.66. The molecule has 118 valence electrons. The molecular weight excluding hydrogens is 382 g/mol. The number of aryl methyl sites for hydroxylation is 1. The Kier molecular flexibility index (Phi) is 3.77. The van der Waals surface area contributed by atoms with Crippen molar-refractivity contribution >= 4 is 42.8 Å². The number of carbonyl (C=O) groups is 1. The van der Waals surface area contributed by atoms with E-state index >= 15 is 0 Å². The summed E-state index contributed by atoms with van der Waals surface area (Å²) in [5.41, 5.74) is 0.943. The molecule has 0 bridgehead atoms. The van der Waals surface area contributed by atoms with Crippen LogP contribution in [0.25, 0.3) is 10.9 Å². The zero-order valence-corrected chi connectivity index (χ0v) is 14.4. The highest BCUT2D eigenvalue weighted by Crippen LogP contribution is 2.28. The van der Waals surface area contributed by atoms with E-state index in [1.807, 2.05) is 6.92 Å². The monoisotopic (exact) mass is 393 g/mol. The number of halogens is 1. The summed E-state index contributed by atoms with van der Waals surface area (Å²) in [6.45, 7) is 1.85. The highest BCUT2D eigenvalue weighted by atomic mass is 79.9. The number of benzene rings is 2. The third-order valence-electron chi connectivity index (χ3n) is 3.50. The van der Waals surface area contributed by atoms with Crippen LogP contribution < -0.4 is 0 Å². The quantitative estimate of drug-likeness (QED) is 0.736. The number of aromatic carboxylic acids is 1. The van der Waals surface area contributed by atoms with Crippen molar-refractivity contribution in [1.29, 1.82) is 0 Å². The minimum atomic E-state index is -4.02. The summed E-state index contributed by atoms with van der Waals surface area (Å²) >= 11 is 3.29. The molecular formula is C16H12BrNO4S. The number of carboxylic acid groups (broad SMARTS) is 1. The molecule has 0 unspecified atom stereocenters. The van der Waals surface area contributed by atoms with E-state index in [9.17, 15) is 18.3 Å². The van der Waals surface area contributed by atoms with Gasteiger partial charge in [0.15, 0.2) is 0 Å². The Morgan fingerprint density at radius 2 is 1.74 bits per heavy atom. The van der Waals surface area contributed by atoms with Crippen LogP contribution in [-0.2, 0) is 10.0 Å². The molecule has 0 saturated carbocycles. The van der Waals surface area contributed by atoms with E-state index in [1.54, 1.807) is 30.3 Å². The number of fused-ring (bicyclic) bond motifs is 1. The van der Waals surface area contributed by atoms with Gasteiger partial charge >= 0.3 is 5.97 Å². The average molecular weight is 394 g/mol. The fraction of sp³-hybridized carbons (Fsp3) is 0.0625. The van der Waals surface area contributed by atoms with Gasteiger partial charge in [0, 0.05) is 9.86 Å². The van der Waals surface area contributed by atoms with E-state index in [0.717, 1.165) is 9.54 Å². The van der Waals surface area contributed by atoms with Gasteiger partial charge in [-0.3, -0.25) is 0 Å². The van der Waals surface area contributed by atoms with Crippen LogP contribution in [0.4, 0.5) is 0 Å². The fourth-order valence-electron chi connectivity index (χ4n) is 2.37. The number of hydrogen-bond donors (Lipinski definition) is 1. The zero-order valence-electron chi connectivity index (χ0n) is 12.0. The maximum Gasteiger partial charge on any atom is 0.353 e. The van der Waals surface area contributed by atoms with Crippen LogP contribution in [0, 0.1) is 6.92 Å². The van der Waals surface area contributed by atoms with Crippen molar-refractivity contribution in [2.24, 2.45) is 0 Å². The van der Waals surface area contributed by atoms with Gasteiger partial charge < -0.3 is 5.11 Å². The molecule has 3 aromatic rings. The molecule has 23 heavy (non-hydrogen) atoms. The molecule has 0 aliphatic rings. The van der Waals surface area contributed by atoms with E-state index in [-0.39, 0.29) is 10.6 Å². The van der Waals surface area contributed by atoms with Crippen LogP contribution in [0.15, 0.2) is 57.9 Å². The van der Waals surface area contributed by atoms with Crippen molar-refractivity contribution in [2.45, 2.75) is 11.8 Å². The van der Waals surface area contributed by atoms with Gasteiger partial charge in [0.25, 0.3) is 10.0 Å². The van der Waals surface area contributed by atoms with Crippen molar-refractivity contribution in [1.82, 2.24) is 3.97 Å². The van der Waals surface area contributed by atoms with E-state index in [4.69, 9.17) is 0 Å². The molecule has 0 saturated heterocycles. The molecule has 0 amide bonds. The predicted molar refractivity (Wildman–Crippen MR) is 90.4 cm³/mol. The second-order valence-corrected chi connectivity index (χ2v) is 7.82. The molecule has 3 rings (SSSR count). The first-order valence-corrected chi connectivity index (χ1v) is 8.90. The predicted octanol–water partition coefficient (Wildman–Crippen LogP) is 3.65. The summed E-state index contributed by atoms with van der Waals surface area (Å²) in [5.74, 6) is -1.30. The second kappa shape index (κ2) is 5.50. The minimum Gasteiger partial charge on any atom is -0.477 e. The van der Waals surface area contributed by atoms with Crippen LogP contribution in [0.5, 0.6) is 0 Å². The zero-order chi connectivity index (χ0) is 16.8. The van der Waals surface area contributed by atoms with Gasteiger partial charge in [0.2, 0.25) is 0 Å². The van der Waals surface area contributed by atoms with Crippen molar-refractivity contribution in [3.63, 3.8) is 0 Å². The van der Waals surface area contributed by atoms with Crippen LogP contribution >= 0.6 is 15.9 Å². The summed E-state index contributed by atoms with van der Waals surface area (Å²) in [6.07, 6.45) is 0. The van der Waals surface area contributed by atoms with Crippen molar-refractivity contribution in [3.8, 4) is 0 Å². The molecule has 5 nitrogen and oxygen atoms in total. The molecule has 0 spiro atoms. The topological polar surface area (TPSA) is 76.4 Å². The SMILES string of the molecule is Cc1ccc(S(=O)(=O)n2c(C(=O)O)cc3ccc(Br)cc32)cc1. The lowest BCUT2D eigenvalue weighted by atomic mass is 10.2. The largest absolute Gasteiger partial charge is 0.477 e. The van der Waals surface area contributed by atoms with Crippen LogP contribution in [-0.4, -0.2) is 23.5 Å². The molecule has 7 heteroatoms. The lowest BCUT2D eigenvalue weighted by Gasteiger charge is -2.10. The first kappa shape index (κ1) is 15.8. The highest BCUT2D eigenvalue weighted by Gasteiger charge is 2.26. The Labute approximate surface area is 141 Å². The van der Waals surface area contributed by atoms with Gasteiger partial charge in [-0.2, -0.15) is 0 Å². The standard InChI is InChI=1S/C16H12BrNO4S/c1-10-2-6-13(7-3-10)23(21,22)18-14-9-12(17)5-4-11(14)8-15(18)16(19)20/h2-9H,1H3,(H,19,20). The van der Waals surface area contributed by atoms with Crippen molar-refractivity contribution < 1.29 is 18.3 Å². The van der Waals surface area contributed by atoms with Gasteiger partial charge in [-0.1, -0.05) is 39.7 Å². The summed E-state index contributed by atoms with van der Waals surface area (Å²) in [6, 6.07) is 12.7. The van der Waals surface area contributed by atoms with Crippen LogP contribution in [0.1, 0.15) is 16.1 Å². The van der Waals surface area contributed by atoms with Gasteiger partial charge in [0.1, 0.15) is 5.69 Å². The Morgan fingerprint density at radius 1 is 1.09 bits per heavy atom. The summed E-state index contributed by atoms with van der Waals surface area (Å²) in [4.78, 5) is 11.6. The number of carboxylic acids is 1. The van der Waals surface area contributed by atoms with Crippen LogP contribution in [0.3, 0.4) is 0 Å². The first-order chi connectivity index (χ1) is 10.8. The normalized spacial score (nSPS) is 11.7. The maximum atomic E-state index is 12.9. The number of aromatic nitrogens is 1. The number of nitrogens with zero attached hydrogens (tertiary/aromatic N) is 1. The molecule has 0 radical (unpaired) electrons. The molecule has 1 N–H and O–H groups in total. The molecule has 1 heterocycles. The maximum absolute atomic E-state index is 12.9. The number of hydrogen-bond acceptors (Lipinski definition) is 3. The summed E-state index contributed by atoms with van der Waals surface area (Å²) < 4.78 is 27.4. The van der Waals surface area contributed by atoms with Crippen molar-refractivity contribution in [2.75, 3.05) is 0 Å². The Balaban J connectivity index is 2.37. The molecule has 0 atom stereocenters. The van der Waals surface area contributed by atoms with E-state index < -0.39 is 16.0 Å². The smallest absolute Gasteiger partial charge is 0.353 e. The summed E-state index contributed by atoms with van der Waals surface area (Å²) in [7, 11) is -4.02. The summed E-state index contributed by atoms with van der Waals surface area (Å²) in [5, 5.41) is 9.94. The van der Waals surface area contributed by atoms with E-state index in [2.05, 4.69) is 15.9 Å². The Morgan fingerprint density at radius 3 is 2.35 bits per heavy atom. The highest BCUT2D eigenvalue weighted by molar-refractivity contribution is 9.10. The molecule has 2 aromatic carbocycles. The van der Waals surface area contributed by atoms with Crippen molar-refractivity contribution in [3.05, 3.63) is 64.3 Å². The van der Waals surface area contributed by atoms with E-state index in [1.165, 1.54) is 18.2 Å². The van der Waals surface area contributed by atoms with Gasteiger partial charge in [-0.15, -0.1) is 0 Å². The molecule has 1 aromatic heterocycles. The Hall–Kier alpha value is -2.12. The van der Waals surface area contributed by atoms with Gasteiger partial charge in [-0.05, 0) is 37.3 Å². The van der Waals surface area contributed by atoms with Gasteiger partial charge in [-0.25, -0.2) is 17.2 Å². The fourth-order valence-corrected chi connectivity index (χ4v) is 4.22. The van der Waals surface area contributed by atoms with E-state index in [0.29, 0.717) is 15.4 Å². The van der Waals surface area contributed by atoms with Gasteiger partial charge in [0.05, 0.1) is 10.4 Å². The average Bonchev–Trinajstić information content (AvgIpc) is 2.87. The third-order valence-corrected chi connectivity index (χ3v) is 5.74. The minimum absolute atomic E-state index is 0.0445. The second-order valence-electron chi connectivity index (χ2n) is 5.12. The lowest BCUT2D eigenvalue weighted by molar-refractivity contribution is 0.0689. The lowest BCUT2D eigenvalue weighted by Crippen LogP contribution is -2.18. The number of rotatable bonds is 3. The van der Waals surface area contributed by atoms with Crippen LogP contribution in [0.2, 0.25) is 0 Å². The molecule has 0 fully saturated rings. The first-order valence-electron chi connectivity index (χ1n) is 6.67. The Bertz CT molecular complexity index is 1020. The molecule has 0 aliphatic heterocycles.